The van der Waals surface area contributed by atoms with E-state index >= 15 is 0 Å². The number of esters is 2. The number of thiophene rings is 1. The Balaban J connectivity index is 2.00. The van der Waals surface area contributed by atoms with Crippen molar-refractivity contribution in [2.45, 2.75) is 27.2 Å². The van der Waals surface area contributed by atoms with Crippen LogP contribution in [-0.4, -0.2) is 84.5 Å². The number of carbonyl (C=O) groups excluding carboxylic acids is 2. The molecule has 0 spiro atoms. The Bertz CT molecular complexity index is 908. The van der Waals surface area contributed by atoms with Gasteiger partial charge < -0.3 is 19.5 Å². The van der Waals surface area contributed by atoms with Gasteiger partial charge in [0.25, 0.3) is 0 Å². The number of aryl methyl sites for hydroxylation is 1. The molecule has 1 aliphatic rings. The van der Waals surface area contributed by atoms with Gasteiger partial charge in [0.1, 0.15) is 27.8 Å². The Morgan fingerprint density at radius 2 is 1.80 bits per heavy atom. The molecule has 0 atom stereocenters. The number of fused-ring (bicyclic) bond motifs is 1. The molecule has 0 radical (unpaired) electrons. The van der Waals surface area contributed by atoms with E-state index in [9.17, 15) is 14.7 Å². The van der Waals surface area contributed by atoms with E-state index in [1.54, 1.807) is 13.8 Å². The Labute approximate surface area is 179 Å². The van der Waals surface area contributed by atoms with Gasteiger partial charge in [0, 0.05) is 32.7 Å². The molecule has 2 aromatic rings. The van der Waals surface area contributed by atoms with Crippen LogP contribution in [0.1, 0.15) is 34.9 Å². The third kappa shape index (κ3) is 4.88. The van der Waals surface area contributed by atoms with Crippen LogP contribution in [0.25, 0.3) is 10.2 Å². The summed E-state index contributed by atoms with van der Waals surface area (Å²) in [5.41, 5.74) is 0.795. The third-order valence-electron chi connectivity index (χ3n) is 4.97. The van der Waals surface area contributed by atoms with Crippen LogP contribution in [0.2, 0.25) is 0 Å². The fourth-order valence-corrected chi connectivity index (χ4v) is 4.61. The number of piperazine rings is 1. The summed E-state index contributed by atoms with van der Waals surface area (Å²) < 4.78 is 10.2. The molecule has 0 aliphatic carbocycles. The first-order chi connectivity index (χ1) is 14.5. The molecule has 3 rings (SSSR count). The maximum atomic E-state index is 12.4. The maximum absolute atomic E-state index is 12.4. The maximum Gasteiger partial charge on any atom is 0.348 e. The number of aliphatic hydroxyl groups is 1. The second-order valence-corrected chi connectivity index (χ2v) is 7.95. The highest BCUT2D eigenvalue weighted by molar-refractivity contribution is 7.20. The highest BCUT2D eigenvalue weighted by Crippen LogP contribution is 2.36. The van der Waals surface area contributed by atoms with Crippen LogP contribution in [0, 0.1) is 6.92 Å². The molecule has 0 saturated carbocycles. The lowest BCUT2D eigenvalue weighted by Crippen LogP contribution is -2.47. The van der Waals surface area contributed by atoms with Gasteiger partial charge in [0.2, 0.25) is 0 Å². The molecule has 1 aliphatic heterocycles. The van der Waals surface area contributed by atoms with Crippen molar-refractivity contribution in [1.29, 1.82) is 0 Å². The van der Waals surface area contributed by atoms with Gasteiger partial charge in [-0.3, -0.25) is 9.69 Å². The Morgan fingerprint density at radius 3 is 2.43 bits per heavy atom. The van der Waals surface area contributed by atoms with E-state index in [1.165, 1.54) is 11.3 Å². The summed E-state index contributed by atoms with van der Waals surface area (Å²) in [5, 5.41) is 10.0. The normalized spacial score (nSPS) is 14.9. The Kier molecular flexibility index (Phi) is 7.57. The zero-order valence-corrected chi connectivity index (χ0v) is 18.5. The molecule has 10 heteroatoms. The van der Waals surface area contributed by atoms with Crippen molar-refractivity contribution in [3.05, 3.63) is 16.3 Å². The SMILES string of the molecule is CCOC(=O)Cc1nc(N2CCN(CCO)CC2)c2c(C)c(C(=O)OCC)sc2n1. The first-order valence-corrected chi connectivity index (χ1v) is 11.0. The smallest absolute Gasteiger partial charge is 0.348 e. The molecule has 1 fully saturated rings. The van der Waals surface area contributed by atoms with E-state index in [1.807, 2.05) is 6.92 Å². The topological polar surface area (TPSA) is 105 Å². The molecule has 0 amide bonds. The second kappa shape index (κ2) is 10.1. The number of hydrogen-bond acceptors (Lipinski definition) is 10. The Hall–Kier alpha value is -2.30. The quantitative estimate of drug-likeness (QED) is 0.615. The summed E-state index contributed by atoms with van der Waals surface area (Å²) >= 11 is 1.27. The highest BCUT2D eigenvalue weighted by Gasteiger charge is 2.26. The number of hydrogen-bond donors (Lipinski definition) is 1. The fourth-order valence-electron chi connectivity index (χ4n) is 3.53. The van der Waals surface area contributed by atoms with Crippen molar-refractivity contribution in [2.75, 3.05) is 57.4 Å². The molecule has 30 heavy (non-hydrogen) atoms. The lowest BCUT2D eigenvalue weighted by Gasteiger charge is -2.35. The average molecular weight is 437 g/mol. The minimum atomic E-state index is -0.380. The standard InChI is InChI=1S/C20H28N4O5S/c1-4-28-15(26)12-14-21-18(24-8-6-23(7-9-24)10-11-25)16-13(3)17(20(27)29-5-2)30-19(16)22-14/h25H,4-12H2,1-3H3. The first-order valence-electron chi connectivity index (χ1n) is 10.2. The van der Waals surface area contributed by atoms with Gasteiger partial charge in [0.05, 0.1) is 25.2 Å². The lowest BCUT2D eigenvalue weighted by atomic mass is 10.1. The molecule has 0 unspecified atom stereocenters. The summed E-state index contributed by atoms with van der Waals surface area (Å²) in [6, 6.07) is 0. The molecule has 0 bridgehead atoms. The van der Waals surface area contributed by atoms with E-state index in [4.69, 9.17) is 14.5 Å². The number of aliphatic hydroxyl groups excluding tert-OH is 1. The van der Waals surface area contributed by atoms with Crippen LogP contribution in [0.3, 0.4) is 0 Å². The third-order valence-corrected chi connectivity index (χ3v) is 6.14. The molecule has 0 aromatic carbocycles. The van der Waals surface area contributed by atoms with E-state index in [0.717, 1.165) is 42.9 Å². The number of β-amino-alcohol motifs (C(OH)–C–C–N with tert-alkyl or cyclic N) is 1. The predicted molar refractivity (Wildman–Crippen MR) is 114 cm³/mol. The van der Waals surface area contributed by atoms with Crippen molar-refractivity contribution in [3.63, 3.8) is 0 Å². The van der Waals surface area contributed by atoms with Gasteiger partial charge in [-0.2, -0.15) is 0 Å². The van der Waals surface area contributed by atoms with Crippen LogP contribution >= 0.6 is 11.3 Å². The van der Waals surface area contributed by atoms with Crippen molar-refractivity contribution < 1.29 is 24.2 Å². The van der Waals surface area contributed by atoms with Crippen molar-refractivity contribution in [2.24, 2.45) is 0 Å². The number of rotatable bonds is 8. The van der Waals surface area contributed by atoms with Crippen molar-refractivity contribution in [3.8, 4) is 0 Å². The predicted octanol–water partition coefficient (Wildman–Crippen LogP) is 1.40. The number of aromatic nitrogens is 2. The molecular weight excluding hydrogens is 408 g/mol. The summed E-state index contributed by atoms with van der Waals surface area (Å²) in [4.78, 5) is 39.2. The van der Waals surface area contributed by atoms with Crippen LogP contribution in [0.5, 0.6) is 0 Å². The zero-order valence-electron chi connectivity index (χ0n) is 17.6. The average Bonchev–Trinajstić information content (AvgIpc) is 3.05. The van der Waals surface area contributed by atoms with E-state index < -0.39 is 0 Å². The molecule has 9 nitrogen and oxygen atoms in total. The first kappa shape index (κ1) is 22.4. The van der Waals surface area contributed by atoms with Crippen LogP contribution in [0.4, 0.5) is 5.82 Å². The van der Waals surface area contributed by atoms with E-state index in [0.29, 0.717) is 35.3 Å². The van der Waals surface area contributed by atoms with E-state index in [2.05, 4.69) is 14.8 Å². The summed E-state index contributed by atoms with van der Waals surface area (Å²) in [6.07, 6.45) is -0.0209. The molecule has 3 heterocycles. The summed E-state index contributed by atoms with van der Waals surface area (Å²) in [6.45, 7) is 9.84. The van der Waals surface area contributed by atoms with Gasteiger partial charge in [0.15, 0.2) is 0 Å². The molecule has 2 aromatic heterocycles. The second-order valence-electron chi connectivity index (χ2n) is 6.95. The molecule has 164 valence electrons. The van der Waals surface area contributed by atoms with Gasteiger partial charge >= 0.3 is 11.9 Å². The number of nitrogens with zero attached hydrogens (tertiary/aromatic N) is 4. The lowest BCUT2D eigenvalue weighted by molar-refractivity contribution is -0.142. The number of anilines is 1. The van der Waals surface area contributed by atoms with E-state index in [-0.39, 0.29) is 25.0 Å². The van der Waals surface area contributed by atoms with Gasteiger partial charge in [-0.05, 0) is 26.3 Å². The summed E-state index contributed by atoms with van der Waals surface area (Å²) in [5.74, 6) is 0.357. The molecule has 1 saturated heterocycles. The molecule has 1 N–H and O–H groups in total. The largest absolute Gasteiger partial charge is 0.466 e. The summed E-state index contributed by atoms with van der Waals surface area (Å²) in [7, 11) is 0. The highest BCUT2D eigenvalue weighted by atomic mass is 32.1. The minimum Gasteiger partial charge on any atom is -0.466 e. The monoisotopic (exact) mass is 436 g/mol. The molecular formula is C20H28N4O5S. The Morgan fingerprint density at radius 1 is 1.10 bits per heavy atom. The van der Waals surface area contributed by atoms with Crippen molar-refractivity contribution in [1.82, 2.24) is 14.9 Å². The van der Waals surface area contributed by atoms with Crippen LogP contribution in [-0.2, 0) is 20.7 Å². The minimum absolute atomic E-state index is 0.0209. The van der Waals surface area contributed by atoms with Crippen LogP contribution in [0.15, 0.2) is 0 Å². The number of carbonyl (C=O) groups is 2. The van der Waals surface area contributed by atoms with Gasteiger partial charge in [-0.25, -0.2) is 14.8 Å². The van der Waals surface area contributed by atoms with Crippen molar-refractivity contribution >= 4 is 39.3 Å². The zero-order chi connectivity index (χ0) is 21.7. The fraction of sp³-hybridized carbons (Fsp3) is 0.600. The number of ether oxygens (including phenoxy) is 2. The van der Waals surface area contributed by atoms with Gasteiger partial charge in [-0.15, -0.1) is 11.3 Å². The van der Waals surface area contributed by atoms with Gasteiger partial charge in [-0.1, -0.05) is 0 Å². The van der Waals surface area contributed by atoms with Crippen LogP contribution < -0.4 is 4.90 Å².